The number of rotatable bonds is 8. The Morgan fingerprint density at radius 1 is 1.00 bits per heavy atom. The van der Waals surface area contributed by atoms with E-state index in [0.29, 0.717) is 23.6 Å². The summed E-state index contributed by atoms with van der Waals surface area (Å²) in [7, 11) is 4.75. The first-order valence-electron chi connectivity index (χ1n) is 9.68. The van der Waals surface area contributed by atoms with Crippen LogP contribution in [-0.4, -0.2) is 36.9 Å². The van der Waals surface area contributed by atoms with Gasteiger partial charge in [0.2, 0.25) is 0 Å². The molecule has 3 rings (SSSR count). The second kappa shape index (κ2) is 9.83. The van der Waals surface area contributed by atoms with Crippen LogP contribution in [0.4, 0.5) is 0 Å². The van der Waals surface area contributed by atoms with Gasteiger partial charge in [0.15, 0.2) is 17.3 Å². The van der Waals surface area contributed by atoms with Gasteiger partial charge in [0, 0.05) is 11.1 Å². The van der Waals surface area contributed by atoms with Crippen molar-refractivity contribution in [3.8, 4) is 17.2 Å². The molecule has 0 unspecified atom stereocenters. The molecule has 0 radical (unpaired) electrons. The van der Waals surface area contributed by atoms with E-state index in [-0.39, 0.29) is 5.78 Å². The summed E-state index contributed by atoms with van der Waals surface area (Å²) in [6.07, 6.45) is 3.34. The van der Waals surface area contributed by atoms with E-state index in [0.717, 1.165) is 32.7 Å². The smallest absolute Gasteiger partial charge is 0.185 e. The summed E-state index contributed by atoms with van der Waals surface area (Å²) in [5.74, 6) is 1.75. The van der Waals surface area contributed by atoms with Crippen LogP contribution in [0.25, 0.3) is 6.08 Å². The predicted molar refractivity (Wildman–Crippen MR) is 124 cm³/mol. The van der Waals surface area contributed by atoms with E-state index in [2.05, 4.69) is 21.0 Å². The first-order valence-corrected chi connectivity index (χ1v) is 10.5. The Hall–Kier alpha value is -3.06. The number of aryl methyl sites for hydroxylation is 1. The molecule has 0 saturated heterocycles. The standard InChI is InChI=1S/C24H25BrN2O4/c1-15-24(25)16(2)27(26-15)14-19-12-17(7-10-21(19)29-3)6-9-20(28)18-8-11-22(30-4)23(13-18)31-5/h6-13H,14H2,1-5H3/b9-6+. The number of aromatic nitrogens is 2. The molecule has 0 N–H and O–H groups in total. The van der Waals surface area contributed by atoms with E-state index in [1.165, 1.54) is 0 Å². The Kier molecular flexibility index (Phi) is 7.17. The molecule has 0 aliphatic heterocycles. The summed E-state index contributed by atoms with van der Waals surface area (Å²) in [5, 5.41) is 4.57. The first-order chi connectivity index (χ1) is 14.9. The van der Waals surface area contributed by atoms with Crippen molar-refractivity contribution in [2.75, 3.05) is 21.3 Å². The lowest BCUT2D eigenvalue weighted by atomic mass is 10.1. The van der Waals surface area contributed by atoms with Crippen LogP contribution in [0.5, 0.6) is 17.2 Å². The van der Waals surface area contributed by atoms with Crippen molar-refractivity contribution in [3.05, 3.63) is 75.0 Å². The maximum atomic E-state index is 12.6. The van der Waals surface area contributed by atoms with Crippen molar-refractivity contribution in [2.45, 2.75) is 20.4 Å². The van der Waals surface area contributed by atoms with Gasteiger partial charge in [-0.3, -0.25) is 9.48 Å². The van der Waals surface area contributed by atoms with Crippen molar-refractivity contribution in [2.24, 2.45) is 0 Å². The topological polar surface area (TPSA) is 62.6 Å². The average Bonchev–Trinajstić information content (AvgIpc) is 3.03. The van der Waals surface area contributed by atoms with Gasteiger partial charge in [-0.25, -0.2) is 0 Å². The van der Waals surface area contributed by atoms with E-state index < -0.39 is 0 Å². The molecule has 3 aromatic rings. The van der Waals surface area contributed by atoms with Crippen molar-refractivity contribution in [3.63, 3.8) is 0 Å². The molecule has 0 aliphatic rings. The van der Waals surface area contributed by atoms with Crippen molar-refractivity contribution in [1.29, 1.82) is 0 Å². The maximum Gasteiger partial charge on any atom is 0.185 e. The van der Waals surface area contributed by atoms with Crippen LogP contribution in [0.15, 0.2) is 46.9 Å². The highest BCUT2D eigenvalue weighted by Crippen LogP contribution is 2.28. The fraction of sp³-hybridized carbons (Fsp3) is 0.250. The van der Waals surface area contributed by atoms with E-state index >= 15 is 0 Å². The highest BCUT2D eigenvalue weighted by molar-refractivity contribution is 9.10. The van der Waals surface area contributed by atoms with Gasteiger partial charge in [-0.05, 0) is 71.7 Å². The third-order valence-corrected chi connectivity index (χ3v) is 6.16. The number of ether oxygens (including phenoxy) is 3. The molecule has 0 fully saturated rings. The second-order valence-corrected chi connectivity index (χ2v) is 7.77. The van der Waals surface area contributed by atoms with Gasteiger partial charge in [0.1, 0.15) is 5.75 Å². The first kappa shape index (κ1) is 22.6. The minimum absolute atomic E-state index is 0.124. The van der Waals surface area contributed by atoms with Crippen molar-refractivity contribution >= 4 is 27.8 Å². The van der Waals surface area contributed by atoms with Crippen LogP contribution in [0, 0.1) is 13.8 Å². The van der Waals surface area contributed by atoms with E-state index in [4.69, 9.17) is 14.2 Å². The van der Waals surface area contributed by atoms with Gasteiger partial charge in [0.25, 0.3) is 0 Å². The summed E-state index contributed by atoms with van der Waals surface area (Å²) in [4.78, 5) is 12.6. The molecular formula is C24H25BrN2O4. The Bertz CT molecular complexity index is 1130. The molecule has 0 saturated carbocycles. The van der Waals surface area contributed by atoms with Crippen molar-refractivity contribution < 1.29 is 19.0 Å². The minimum atomic E-state index is -0.124. The van der Waals surface area contributed by atoms with Crippen LogP contribution in [-0.2, 0) is 6.54 Å². The average molecular weight is 485 g/mol. The predicted octanol–water partition coefficient (Wildman–Crippen LogP) is 5.23. The highest BCUT2D eigenvalue weighted by Gasteiger charge is 2.12. The van der Waals surface area contributed by atoms with Crippen LogP contribution < -0.4 is 14.2 Å². The zero-order valence-corrected chi connectivity index (χ0v) is 19.8. The lowest BCUT2D eigenvalue weighted by Crippen LogP contribution is -2.06. The summed E-state index contributed by atoms with van der Waals surface area (Å²) >= 11 is 3.57. The SMILES string of the molecule is COc1ccc(/C=C/C(=O)c2ccc(OC)c(OC)c2)cc1Cn1nc(C)c(Br)c1C. The number of carbonyl (C=O) groups excluding carboxylic acids is 1. The monoisotopic (exact) mass is 484 g/mol. The van der Waals surface area contributed by atoms with Gasteiger partial charge >= 0.3 is 0 Å². The van der Waals surface area contributed by atoms with Crippen LogP contribution in [0.3, 0.4) is 0 Å². The molecule has 0 atom stereocenters. The Balaban J connectivity index is 1.85. The molecule has 1 aromatic heterocycles. The van der Waals surface area contributed by atoms with E-state index in [1.807, 2.05) is 36.7 Å². The molecule has 31 heavy (non-hydrogen) atoms. The number of methoxy groups -OCH3 is 3. The van der Waals surface area contributed by atoms with Gasteiger partial charge in [-0.1, -0.05) is 12.1 Å². The molecule has 0 amide bonds. The number of benzene rings is 2. The summed E-state index contributed by atoms with van der Waals surface area (Å²) in [6, 6.07) is 10.9. The second-order valence-electron chi connectivity index (χ2n) is 6.98. The fourth-order valence-electron chi connectivity index (χ4n) is 3.27. The number of hydrogen-bond acceptors (Lipinski definition) is 5. The lowest BCUT2D eigenvalue weighted by molar-refractivity contribution is 0.104. The van der Waals surface area contributed by atoms with Gasteiger partial charge in [-0.2, -0.15) is 5.10 Å². The molecule has 6 nitrogen and oxygen atoms in total. The van der Waals surface area contributed by atoms with E-state index in [9.17, 15) is 4.79 Å². The highest BCUT2D eigenvalue weighted by atomic mass is 79.9. The Morgan fingerprint density at radius 3 is 2.29 bits per heavy atom. The van der Waals surface area contributed by atoms with E-state index in [1.54, 1.807) is 51.7 Å². The van der Waals surface area contributed by atoms with Crippen LogP contribution in [0.2, 0.25) is 0 Å². The van der Waals surface area contributed by atoms with Gasteiger partial charge in [-0.15, -0.1) is 0 Å². The number of ketones is 1. The normalized spacial score (nSPS) is 11.0. The molecular weight excluding hydrogens is 460 g/mol. The zero-order valence-electron chi connectivity index (χ0n) is 18.2. The van der Waals surface area contributed by atoms with Crippen LogP contribution in [0.1, 0.15) is 32.9 Å². The molecule has 7 heteroatoms. The molecule has 162 valence electrons. The fourth-order valence-corrected chi connectivity index (χ4v) is 3.56. The number of nitrogens with zero attached hydrogens (tertiary/aromatic N) is 2. The third-order valence-electron chi connectivity index (χ3n) is 5.01. The zero-order chi connectivity index (χ0) is 22.5. The molecule has 2 aromatic carbocycles. The van der Waals surface area contributed by atoms with Crippen LogP contribution >= 0.6 is 15.9 Å². The lowest BCUT2D eigenvalue weighted by Gasteiger charge is -2.11. The number of halogens is 1. The van der Waals surface area contributed by atoms with Crippen molar-refractivity contribution in [1.82, 2.24) is 9.78 Å². The summed E-state index contributed by atoms with van der Waals surface area (Å²) in [6.45, 7) is 4.54. The molecule has 0 aliphatic carbocycles. The van der Waals surface area contributed by atoms with Gasteiger partial charge in [0.05, 0.1) is 43.7 Å². The largest absolute Gasteiger partial charge is 0.496 e. The number of carbonyl (C=O) groups is 1. The minimum Gasteiger partial charge on any atom is -0.496 e. The number of hydrogen-bond donors (Lipinski definition) is 0. The maximum absolute atomic E-state index is 12.6. The third kappa shape index (κ3) is 4.99. The Labute approximate surface area is 190 Å². The van der Waals surface area contributed by atoms with Gasteiger partial charge < -0.3 is 14.2 Å². The Morgan fingerprint density at radius 2 is 1.68 bits per heavy atom. The molecule has 0 bridgehead atoms. The molecule has 0 spiro atoms. The summed E-state index contributed by atoms with van der Waals surface area (Å²) < 4.78 is 19.0. The number of allylic oxidation sites excluding steroid dienone is 1. The quantitative estimate of drug-likeness (QED) is 0.323. The summed E-state index contributed by atoms with van der Waals surface area (Å²) in [5.41, 5.74) is 4.37. The molecule has 1 heterocycles.